The van der Waals surface area contributed by atoms with E-state index >= 15 is 0 Å². The van der Waals surface area contributed by atoms with Crippen LogP contribution in [-0.4, -0.2) is 28.3 Å². The highest BCUT2D eigenvalue weighted by atomic mass is 15.3. The molecule has 0 saturated heterocycles. The third-order valence-corrected chi connectivity index (χ3v) is 3.91. The van der Waals surface area contributed by atoms with E-state index in [1.165, 1.54) is 0 Å². The highest BCUT2D eigenvalue weighted by Crippen LogP contribution is 2.31. The van der Waals surface area contributed by atoms with Crippen LogP contribution < -0.4 is 4.90 Å². The molecule has 0 N–H and O–H groups in total. The van der Waals surface area contributed by atoms with E-state index in [1.54, 1.807) is 0 Å². The summed E-state index contributed by atoms with van der Waals surface area (Å²) >= 11 is 0. The summed E-state index contributed by atoms with van der Waals surface area (Å²) in [6, 6.07) is 16.3. The third kappa shape index (κ3) is 3.21. The number of pyridine rings is 1. The highest BCUT2D eigenvalue weighted by Gasteiger charge is 2.13. The first kappa shape index (κ1) is 15.2. The fourth-order valence-electron chi connectivity index (χ4n) is 2.64. The van der Waals surface area contributed by atoms with E-state index in [0.29, 0.717) is 0 Å². The lowest BCUT2D eigenvalue weighted by Crippen LogP contribution is -2.23. The van der Waals surface area contributed by atoms with Crippen LogP contribution in [0.2, 0.25) is 0 Å². The quantitative estimate of drug-likeness (QED) is 0.713. The summed E-state index contributed by atoms with van der Waals surface area (Å²) in [6.07, 6.45) is 3.61. The van der Waals surface area contributed by atoms with Crippen molar-refractivity contribution in [3.05, 3.63) is 60.9 Å². The van der Waals surface area contributed by atoms with Gasteiger partial charge in [0.05, 0.1) is 0 Å². The SMILES string of the molecule is CCN(CC)c1cc(-c2ccncc2)c(-c2ccccc2)nn1. The Kier molecular flexibility index (Phi) is 4.62. The number of rotatable bonds is 5. The maximum Gasteiger partial charge on any atom is 0.151 e. The third-order valence-electron chi connectivity index (χ3n) is 3.91. The molecule has 2 aromatic heterocycles. The van der Waals surface area contributed by atoms with Gasteiger partial charge in [0.1, 0.15) is 5.69 Å². The molecular weight excluding hydrogens is 284 g/mol. The van der Waals surface area contributed by atoms with Crippen LogP contribution in [0.15, 0.2) is 60.9 Å². The minimum absolute atomic E-state index is 0.896. The van der Waals surface area contributed by atoms with Crippen molar-refractivity contribution in [3.8, 4) is 22.4 Å². The van der Waals surface area contributed by atoms with E-state index in [0.717, 1.165) is 41.3 Å². The first-order valence-electron chi connectivity index (χ1n) is 7.92. The Morgan fingerprint density at radius 1 is 0.826 bits per heavy atom. The topological polar surface area (TPSA) is 41.9 Å². The zero-order valence-electron chi connectivity index (χ0n) is 13.5. The molecule has 116 valence electrons. The number of nitrogens with zero attached hydrogens (tertiary/aromatic N) is 4. The number of aromatic nitrogens is 3. The van der Waals surface area contributed by atoms with Crippen LogP contribution in [0.4, 0.5) is 5.82 Å². The predicted molar refractivity (Wildman–Crippen MR) is 94.3 cm³/mol. The van der Waals surface area contributed by atoms with E-state index in [9.17, 15) is 0 Å². The zero-order valence-corrected chi connectivity index (χ0v) is 13.5. The molecule has 3 aromatic rings. The minimum Gasteiger partial charge on any atom is -0.356 e. The molecule has 23 heavy (non-hydrogen) atoms. The molecule has 3 rings (SSSR count). The van der Waals surface area contributed by atoms with Crippen molar-refractivity contribution in [1.29, 1.82) is 0 Å². The molecule has 0 atom stereocenters. The Hall–Kier alpha value is -2.75. The van der Waals surface area contributed by atoms with Crippen LogP contribution in [0.25, 0.3) is 22.4 Å². The van der Waals surface area contributed by atoms with Gasteiger partial charge in [-0.25, -0.2) is 0 Å². The molecule has 4 nitrogen and oxygen atoms in total. The maximum absolute atomic E-state index is 4.53. The zero-order chi connectivity index (χ0) is 16.1. The summed E-state index contributed by atoms with van der Waals surface area (Å²) in [5.41, 5.74) is 4.14. The Morgan fingerprint density at radius 2 is 1.52 bits per heavy atom. The number of hydrogen-bond acceptors (Lipinski definition) is 4. The maximum atomic E-state index is 4.53. The molecule has 0 amide bonds. The van der Waals surface area contributed by atoms with Gasteiger partial charge in [-0.05, 0) is 37.6 Å². The molecule has 0 aliphatic rings. The second-order valence-electron chi connectivity index (χ2n) is 5.24. The van der Waals surface area contributed by atoms with Gasteiger partial charge in [0.15, 0.2) is 5.82 Å². The summed E-state index contributed by atoms with van der Waals surface area (Å²) < 4.78 is 0. The smallest absolute Gasteiger partial charge is 0.151 e. The van der Waals surface area contributed by atoms with Crippen molar-refractivity contribution >= 4 is 5.82 Å². The van der Waals surface area contributed by atoms with Crippen LogP contribution in [-0.2, 0) is 0 Å². The van der Waals surface area contributed by atoms with Crippen LogP contribution in [0, 0.1) is 0 Å². The lowest BCUT2D eigenvalue weighted by Gasteiger charge is -2.20. The van der Waals surface area contributed by atoms with E-state index < -0.39 is 0 Å². The molecule has 0 radical (unpaired) electrons. The molecule has 0 fully saturated rings. The summed E-state index contributed by atoms with van der Waals surface area (Å²) in [5, 5.41) is 8.97. The van der Waals surface area contributed by atoms with E-state index in [4.69, 9.17) is 0 Å². The first-order valence-corrected chi connectivity index (χ1v) is 7.92. The van der Waals surface area contributed by atoms with Crippen LogP contribution in [0.3, 0.4) is 0 Å². The van der Waals surface area contributed by atoms with Crippen molar-refractivity contribution in [2.75, 3.05) is 18.0 Å². The van der Waals surface area contributed by atoms with E-state index in [-0.39, 0.29) is 0 Å². The average molecular weight is 304 g/mol. The molecule has 0 bridgehead atoms. The normalized spacial score (nSPS) is 10.5. The van der Waals surface area contributed by atoms with Crippen molar-refractivity contribution < 1.29 is 0 Å². The number of benzene rings is 1. The van der Waals surface area contributed by atoms with Crippen molar-refractivity contribution in [2.45, 2.75) is 13.8 Å². The molecular formula is C19H20N4. The van der Waals surface area contributed by atoms with Crippen molar-refractivity contribution in [3.63, 3.8) is 0 Å². The van der Waals surface area contributed by atoms with Gasteiger partial charge in [-0.1, -0.05) is 30.3 Å². The predicted octanol–water partition coefficient (Wildman–Crippen LogP) is 4.05. The molecule has 1 aromatic carbocycles. The van der Waals surface area contributed by atoms with E-state index in [1.807, 2.05) is 42.7 Å². The van der Waals surface area contributed by atoms with Gasteiger partial charge in [0.2, 0.25) is 0 Å². The Labute approximate surface area is 136 Å². The lowest BCUT2D eigenvalue weighted by molar-refractivity contribution is 0.826. The lowest BCUT2D eigenvalue weighted by atomic mass is 10.0. The molecule has 2 heterocycles. The standard InChI is InChI=1S/C19H20N4/c1-3-23(4-2)18-14-17(15-10-12-20-13-11-15)19(22-21-18)16-8-6-5-7-9-16/h5-14H,3-4H2,1-2H3. The van der Waals surface area contributed by atoms with Gasteiger partial charge in [0, 0.05) is 36.6 Å². The fraction of sp³-hybridized carbons (Fsp3) is 0.211. The largest absolute Gasteiger partial charge is 0.356 e. The molecule has 0 aliphatic carbocycles. The average Bonchev–Trinajstić information content (AvgIpc) is 2.64. The van der Waals surface area contributed by atoms with Gasteiger partial charge in [-0.3, -0.25) is 4.98 Å². The summed E-state index contributed by atoms with van der Waals surface area (Å²) in [4.78, 5) is 6.32. The van der Waals surface area contributed by atoms with Gasteiger partial charge in [-0.2, -0.15) is 0 Å². The van der Waals surface area contributed by atoms with Gasteiger partial charge >= 0.3 is 0 Å². The van der Waals surface area contributed by atoms with Crippen LogP contribution in [0.5, 0.6) is 0 Å². The van der Waals surface area contributed by atoms with Crippen molar-refractivity contribution in [1.82, 2.24) is 15.2 Å². The molecule has 0 aliphatic heterocycles. The van der Waals surface area contributed by atoms with Crippen molar-refractivity contribution in [2.24, 2.45) is 0 Å². The molecule has 0 spiro atoms. The Balaban J connectivity index is 2.17. The van der Waals surface area contributed by atoms with Gasteiger partial charge in [0.25, 0.3) is 0 Å². The number of anilines is 1. The monoisotopic (exact) mass is 304 g/mol. The molecule has 0 saturated carbocycles. The highest BCUT2D eigenvalue weighted by molar-refractivity contribution is 5.81. The number of hydrogen-bond donors (Lipinski definition) is 0. The Morgan fingerprint density at radius 3 is 2.17 bits per heavy atom. The second-order valence-corrected chi connectivity index (χ2v) is 5.24. The summed E-state index contributed by atoms with van der Waals surface area (Å²) in [7, 11) is 0. The summed E-state index contributed by atoms with van der Waals surface area (Å²) in [5.74, 6) is 0.904. The Bertz CT molecular complexity index is 753. The van der Waals surface area contributed by atoms with Crippen LogP contribution >= 0.6 is 0 Å². The summed E-state index contributed by atoms with van der Waals surface area (Å²) in [6.45, 7) is 6.07. The first-order chi connectivity index (χ1) is 11.3. The fourth-order valence-corrected chi connectivity index (χ4v) is 2.64. The second kappa shape index (κ2) is 7.01. The van der Waals surface area contributed by atoms with E-state index in [2.05, 4.69) is 52.1 Å². The van der Waals surface area contributed by atoms with Gasteiger partial charge < -0.3 is 4.90 Å². The minimum atomic E-state index is 0.896. The van der Waals surface area contributed by atoms with Crippen LogP contribution in [0.1, 0.15) is 13.8 Å². The van der Waals surface area contributed by atoms with Gasteiger partial charge in [-0.15, -0.1) is 10.2 Å². The molecule has 0 unspecified atom stereocenters. The molecule has 4 heteroatoms.